The van der Waals surface area contributed by atoms with Crippen molar-refractivity contribution in [3.63, 3.8) is 0 Å². The molecule has 3 aromatic heterocycles. The largest absolute Gasteiger partial charge is 0.378 e. The van der Waals surface area contributed by atoms with E-state index >= 15 is 0 Å². The molecule has 5 rings (SSSR count). The van der Waals surface area contributed by atoms with E-state index in [2.05, 4.69) is 9.88 Å². The SMILES string of the molecule is Cc1nc2ccccc2n1-c1nc(N2CCOCC2)c2sc(C=O)cc2n1. The Balaban J connectivity index is 1.77. The Bertz CT molecular complexity index is 1160. The highest BCUT2D eigenvalue weighted by molar-refractivity contribution is 7.21. The van der Waals surface area contributed by atoms with Crippen LogP contribution in [-0.2, 0) is 4.74 Å². The Hall–Kier alpha value is -2.84. The number of aryl methyl sites for hydroxylation is 1. The van der Waals surface area contributed by atoms with Gasteiger partial charge in [-0.1, -0.05) is 12.1 Å². The van der Waals surface area contributed by atoms with Crippen LogP contribution in [0.2, 0.25) is 0 Å². The smallest absolute Gasteiger partial charge is 0.238 e. The minimum absolute atomic E-state index is 0.574. The molecule has 0 amide bonds. The van der Waals surface area contributed by atoms with Gasteiger partial charge in [0.15, 0.2) is 12.1 Å². The standard InChI is InChI=1S/C19H17N5O2S/c1-12-20-14-4-2-3-5-16(14)24(12)19-21-15-10-13(11-25)27-17(15)18(22-19)23-6-8-26-9-7-23/h2-5,10-11H,6-9H2,1H3. The molecule has 136 valence electrons. The van der Waals surface area contributed by atoms with Crippen molar-refractivity contribution in [2.45, 2.75) is 6.92 Å². The van der Waals surface area contributed by atoms with Crippen LogP contribution in [0.4, 0.5) is 5.82 Å². The number of carbonyl (C=O) groups excluding carboxylic acids is 1. The third kappa shape index (κ3) is 2.68. The van der Waals surface area contributed by atoms with E-state index in [1.165, 1.54) is 11.3 Å². The van der Waals surface area contributed by atoms with Crippen molar-refractivity contribution >= 4 is 44.7 Å². The van der Waals surface area contributed by atoms with Crippen LogP contribution < -0.4 is 4.90 Å². The molecule has 1 saturated heterocycles. The monoisotopic (exact) mass is 379 g/mol. The molecular weight excluding hydrogens is 362 g/mol. The number of hydrogen-bond acceptors (Lipinski definition) is 7. The van der Waals surface area contributed by atoms with Crippen molar-refractivity contribution in [3.05, 3.63) is 41.0 Å². The van der Waals surface area contributed by atoms with E-state index in [9.17, 15) is 4.79 Å². The van der Waals surface area contributed by atoms with E-state index in [4.69, 9.17) is 14.7 Å². The summed E-state index contributed by atoms with van der Waals surface area (Å²) in [6.45, 7) is 4.82. The number of imidazole rings is 1. The number of anilines is 1. The highest BCUT2D eigenvalue weighted by Crippen LogP contribution is 2.33. The molecule has 4 heterocycles. The molecule has 0 unspecified atom stereocenters. The van der Waals surface area contributed by atoms with Crippen molar-refractivity contribution in [2.24, 2.45) is 0 Å². The van der Waals surface area contributed by atoms with Gasteiger partial charge >= 0.3 is 0 Å². The summed E-state index contributed by atoms with van der Waals surface area (Å²) in [6, 6.07) is 9.78. The first-order chi connectivity index (χ1) is 13.2. The predicted molar refractivity (Wildman–Crippen MR) is 105 cm³/mol. The van der Waals surface area contributed by atoms with E-state index < -0.39 is 0 Å². The molecule has 0 atom stereocenters. The molecule has 1 aliphatic heterocycles. The molecule has 8 heteroatoms. The average Bonchev–Trinajstić information content (AvgIpc) is 3.27. The molecule has 4 aromatic rings. The molecule has 0 radical (unpaired) electrons. The van der Waals surface area contributed by atoms with Crippen LogP contribution in [0.3, 0.4) is 0 Å². The van der Waals surface area contributed by atoms with Gasteiger partial charge in [0, 0.05) is 13.1 Å². The Morgan fingerprint density at radius 1 is 1.11 bits per heavy atom. The maximum absolute atomic E-state index is 11.3. The van der Waals surface area contributed by atoms with Crippen molar-refractivity contribution in [2.75, 3.05) is 31.2 Å². The highest BCUT2D eigenvalue weighted by atomic mass is 32.1. The second-order valence-electron chi connectivity index (χ2n) is 6.41. The molecule has 0 saturated carbocycles. The van der Waals surface area contributed by atoms with Gasteiger partial charge in [-0.2, -0.15) is 4.98 Å². The summed E-state index contributed by atoms with van der Waals surface area (Å²) < 4.78 is 8.39. The Morgan fingerprint density at radius 2 is 1.93 bits per heavy atom. The lowest BCUT2D eigenvalue weighted by molar-refractivity contribution is 0.112. The van der Waals surface area contributed by atoms with Gasteiger partial charge in [-0.25, -0.2) is 9.97 Å². The zero-order valence-corrected chi connectivity index (χ0v) is 15.6. The lowest BCUT2D eigenvalue weighted by Crippen LogP contribution is -2.37. The van der Waals surface area contributed by atoms with Gasteiger partial charge in [0.25, 0.3) is 0 Å². The van der Waals surface area contributed by atoms with Crippen LogP contribution in [0, 0.1) is 6.92 Å². The first kappa shape index (κ1) is 16.3. The first-order valence-corrected chi connectivity index (χ1v) is 9.60. The van der Waals surface area contributed by atoms with Crippen LogP contribution in [-0.4, -0.2) is 52.1 Å². The lowest BCUT2D eigenvalue weighted by Gasteiger charge is -2.28. The summed E-state index contributed by atoms with van der Waals surface area (Å²) in [5.41, 5.74) is 2.66. The number of thiophene rings is 1. The number of aromatic nitrogens is 4. The maximum Gasteiger partial charge on any atom is 0.238 e. The molecule has 1 aromatic carbocycles. The molecular formula is C19H17N5O2S. The second kappa shape index (κ2) is 6.40. The van der Waals surface area contributed by atoms with E-state index in [1.54, 1.807) is 0 Å². The number of aldehydes is 1. The van der Waals surface area contributed by atoms with E-state index in [0.29, 0.717) is 24.0 Å². The van der Waals surface area contributed by atoms with Crippen LogP contribution in [0.1, 0.15) is 15.5 Å². The van der Waals surface area contributed by atoms with Gasteiger partial charge in [0.1, 0.15) is 5.82 Å². The minimum Gasteiger partial charge on any atom is -0.378 e. The van der Waals surface area contributed by atoms with Gasteiger partial charge < -0.3 is 9.64 Å². The Kier molecular flexibility index (Phi) is 3.87. The van der Waals surface area contributed by atoms with Crippen molar-refractivity contribution in [3.8, 4) is 5.95 Å². The number of carbonyl (C=O) groups is 1. The summed E-state index contributed by atoms with van der Waals surface area (Å²) in [5.74, 6) is 2.26. The second-order valence-corrected chi connectivity index (χ2v) is 7.49. The fraction of sp³-hybridized carbons (Fsp3) is 0.263. The maximum atomic E-state index is 11.3. The fourth-order valence-corrected chi connectivity index (χ4v) is 4.40. The predicted octanol–water partition coefficient (Wildman–Crippen LogP) is 2.99. The number of ether oxygens (including phenoxy) is 1. The molecule has 1 fully saturated rings. The molecule has 0 spiro atoms. The zero-order chi connectivity index (χ0) is 18.4. The minimum atomic E-state index is 0.574. The molecule has 7 nitrogen and oxygen atoms in total. The number of nitrogens with zero attached hydrogens (tertiary/aromatic N) is 5. The molecule has 27 heavy (non-hydrogen) atoms. The highest BCUT2D eigenvalue weighted by Gasteiger charge is 2.21. The normalized spacial score (nSPS) is 14.9. The summed E-state index contributed by atoms with van der Waals surface area (Å²) in [6.07, 6.45) is 0.868. The van der Waals surface area contributed by atoms with Crippen LogP contribution in [0.15, 0.2) is 30.3 Å². The quantitative estimate of drug-likeness (QED) is 0.510. The van der Waals surface area contributed by atoms with Crippen LogP contribution >= 0.6 is 11.3 Å². The van der Waals surface area contributed by atoms with Crippen LogP contribution in [0.5, 0.6) is 0 Å². The number of hydrogen-bond donors (Lipinski definition) is 0. The number of benzene rings is 1. The zero-order valence-electron chi connectivity index (χ0n) is 14.8. The van der Waals surface area contributed by atoms with Crippen molar-refractivity contribution in [1.29, 1.82) is 0 Å². The van der Waals surface area contributed by atoms with Gasteiger partial charge in [-0.3, -0.25) is 9.36 Å². The van der Waals surface area contributed by atoms with Crippen molar-refractivity contribution in [1.82, 2.24) is 19.5 Å². The number of fused-ring (bicyclic) bond motifs is 2. The summed E-state index contributed by atoms with van der Waals surface area (Å²) in [5, 5.41) is 0. The summed E-state index contributed by atoms with van der Waals surface area (Å²) in [4.78, 5) is 28.5. The third-order valence-electron chi connectivity index (χ3n) is 4.72. The average molecular weight is 379 g/mol. The van der Waals surface area contributed by atoms with E-state index in [-0.39, 0.29) is 0 Å². The van der Waals surface area contributed by atoms with E-state index in [0.717, 1.165) is 52.3 Å². The number of rotatable bonds is 3. The molecule has 1 aliphatic rings. The Labute approximate surface area is 159 Å². The van der Waals surface area contributed by atoms with Gasteiger partial charge in [-0.15, -0.1) is 11.3 Å². The molecule has 0 N–H and O–H groups in total. The number of morpholine rings is 1. The van der Waals surface area contributed by atoms with E-state index in [1.807, 2.05) is 41.8 Å². The summed E-state index contributed by atoms with van der Waals surface area (Å²) in [7, 11) is 0. The first-order valence-electron chi connectivity index (χ1n) is 8.78. The van der Waals surface area contributed by atoms with Crippen molar-refractivity contribution < 1.29 is 9.53 Å². The molecule has 0 bridgehead atoms. The van der Waals surface area contributed by atoms with Gasteiger partial charge in [0.2, 0.25) is 5.95 Å². The summed E-state index contributed by atoms with van der Waals surface area (Å²) >= 11 is 1.43. The number of para-hydroxylation sites is 2. The third-order valence-corrected chi connectivity index (χ3v) is 5.76. The lowest BCUT2D eigenvalue weighted by atomic mass is 10.3. The Morgan fingerprint density at radius 3 is 2.74 bits per heavy atom. The molecule has 0 aliphatic carbocycles. The topological polar surface area (TPSA) is 73.1 Å². The van der Waals surface area contributed by atoms with Gasteiger partial charge in [0.05, 0.1) is 39.3 Å². The van der Waals surface area contributed by atoms with Crippen LogP contribution in [0.25, 0.3) is 27.2 Å². The fourth-order valence-electron chi connectivity index (χ4n) is 3.47. The van der Waals surface area contributed by atoms with Gasteiger partial charge in [-0.05, 0) is 25.1 Å².